The summed E-state index contributed by atoms with van der Waals surface area (Å²) in [6, 6.07) is 0. The van der Waals surface area contributed by atoms with Crippen molar-refractivity contribution >= 4 is 12.6 Å². The number of ether oxygens (including phenoxy) is 1. The Hall–Kier alpha value is 0.0500. The van der Waals surface area contributed by atoms with E-state index in [0.717, 1.165) is 13.0 Å². The van der Waals surface area contributed by atoms with Gasteiger partial charge in [-0.3, -0.25) is 0 Å². The average molecular weight is 116 g/mol. The molecule has 0 saturated heterocycles. The molecule has 0 aromatic carbocycles. The van der Waals surface area contributed by atoms with Gasteiger partial charge in [-0.2, -0.15) is 0 Å². The van der Waals surface area contributed by atoms with Crippen molar-refractivity contribution in [1.82, 2.24) is 0 Å². The molecule has 0 aliphatic carbocycles. The molecule has 0 N–H and O–H groups in total. The minimum atomic E-state index is 0.144. The van der Waals surface area contributed by atoms with E-state index >= 15 is 0 Å². The van der Waals surface area contributed by atoms with Gasteiger partial charge in [0.15, 0.2) is 0 Å². The number of rotatable bonds is 0. The van der Waals surface area contributed by atoms with Crippen molar-refractivity contribution in [2.24, 2.45) is 0 Å². The molecule has 1 heterocycles. The first-order valence-electron chi connectivity index (χ1n) is 2.34. The number of thiol groups is 1. The summed E-state index contributed by atoms with van der Waals surface area (Å²) < 4.78 is 5.06. The molecule has 0 aromatic heterocycles. The molecule has 1 aliphatic heterocycles. The molecule has 0 aromatic rings. The highest BCUT2D eigenvalue weighted by molar-refractivity contribution is 7.80. The second kappa shape index (κ2) is 2.38. The Kier molecular flexibility index (Phi) is 1.77. The Labute approximate surface area is 48.8 Å². The summed E-state index contributed by atoms with van der Waals surface area (Å²) in [5.74, 6) is 0. The average Bonchev–Trinajstić information content (AvgIpc) is 1.69. The molecule has 1 rings (SSSR count). The van der Waals surface area contributed by atoms with Gasteiger partial charge >= 0.3 is 0 Å². The van der Waals surface area contributed by atoms with Crippen LogP contribution in [0, 0.1) is 0 Å². The maximum Gasteiger partial charge on any atom is 0.104 e. The van der Waals surface area contributed by atoms with E-state index in [1.807, 2.05) is 6.08 Å². The van der Waals surface area contributed by atoms with Crippen molar-refractivity contribution in [2.45, 2.75) is 11.9 Å². The number of hydrogen-bond acceptors (Lipinski definition) is 2. The molecule has 1 aliphatic rings. The molecule has 7 heavy (non-hydrogen) atoms. The van der Waals surface area contributed by atoms with Crippen LogP contribution in [0.2, 0.25) is 0 Å². The van der Waals surface area contributed by atoms with Gasteiger partial charge in [0, 0.05) is 6.42 Å². The minimum Gasteiger partial charge on any atom is -0.363 e. The fourth-order valence-electron chi connectivity index (χ4n) is 0.515. The molecule has 1 atom stereocenters. The van der Waals surface area contributed by atoms with E-state index < -0.39 is 0 Å². The topological polar surface area (TPSA) is 9.23 Å². The lowest BCUT2D eigenvalue weighted by Crippen LogP contribution is -2.07. The van der Waals surface area contributed by atoms with Crippen LogP contribution < -0.4 is 0 Å². The molecule has 1 unspecified atom stereocenters. The smallest absolute Gasteiger partial charge is 0.104 e. The van der Waals surface area contributed by atoms with Crippen molar-refractivity contribution < 1.29 is 4.74 Å². The third kappa shape index (κ3) is 1.53. The SMILES string of the molecule is SC1CC=CCO1. The van der Waals surface area contributed by atoms with Crippen LogP contribution in [0.5, 0.6) is 0 Å². The summed E-state index contributed by atoms with van der Waals surface area (Å²) >= 11 is 4.09. The van der Waals surface area contributed by atoms with E-state index in [2.05, 4.69) is 18.7 Å². The number of hydrogen-bond donors (Lipinski definition) is 1. The molecule has 0 fully saturated rings. The monoisotopic (exact) mass is 116 g/mol. The van der Waals surface area contributed by atoms with E-state index in [4.69, 9.17) is 4.74 Å². The lowest BCUT2D eigenvalue weighted by Gasteiger charge is -2.11. The van der Waals surface area contributed by atoms with Gasteiger partial charge in [-0.25, -0.2) is 0 Å². The van der Waals surface area contributed by atoms with Crippen LogP contribution in [-0.4, -0.2) is 12.0 Å². The van der Waals surface area contributed by atoms with Crippen molar-refractivity contribution in [2.75, 3.05) is 6.61 Å². The van der Waals surface area contributed by atoms with Gasteiger partial charge in [0.05, 0.1) is 6.61 Å². The fraction of sp³-hybridized carbons (Fsp3) is 0.600. The molecule has 2 heteroatoms. The Bertz CT molecular complexity index is 80.1. The molecule has 0 amide bonds. The minimum absolute atomic E-state index is 0.144. The van der Waals surface area contributed by atoms with Crippen LogP contribution in [0.25, 0.3) is 0 Å². The summed E-state index contributed by atoms with van der Waals surface area (Å²) in [5.41, 5.74) is 0.144. The lowest BCUT2D eigenvalue weighted by molar-refractivity contribution is 0.133. The van der Waals surface area contributed by atoms with Gasteiger partial charge in [0.25, 0.3) is 0 Å². The summed E-state index contributed by atoms with van der Waals surface area (Å²) in [7, 11) is 0. The zero-order chi connectivity index (χ0) is 5.11. The van der Waals surface area contributed by atoms with Crippen LogP contribution in [0.15, 0.2) is 12.2 Å². The third-order valence-electron chi connectivity index (χ3n) is 0.889. The molecular weight excluding hydrogens is 108 g/mol. The van der Waals surface area contributed by atoms with Crippen molar-refractivity contribution in [3.63, 3.8) is 0 Å². The Morgan fingerprint density at radius 3 is 2.71 bits per heavy atom. The normalized spacial score (nSPS) is 30.7. The van der Waals surface area contributed by atoms with E-state index in [1.54, 1.807) is 0 Å². The molecule has 0 spiro atoms. The van der Waals surface area contributed by atoms with Crippen LogP contribution in [0.1, 0.15) is 6.42 Å². The fourth-order valence-corrected chi connectivity index (χ4v) is 0.723. The van der Waals surface area contributed by atoms with Gasteiger partial charge in [-0.05, 0) is 0 Å². The van der Waals surface area contributed by atoms with Gasteiger partial charge < -0.3 is 4.74 Å². The molecule has 0 bridgehead atoms. The summed E-state index contributed by atoms with van der Waals surface area (Å²) in [5, 5.41) is 0. The van der Waals surface area contributed by atoms with Gasteiger partial charge in [-0.1, -0.05) is 12.2 Å². The highest BCUT2D eigenvalue weighted by atomic mass is 32.1. The quantitative estimate of drug-likeness (QED) is 0.370. The lowest BCUT2D eigenvalue weighted by atomic mass is 10.3. The van der Waals surface area contributed by atoms with Crippen LogP contribution >= 0.6 is 12.6 Å². The van der Waals surface area contributed by atoms with E-state index in [9.17, 15) is 0 Å². The van der Waals surface area contributed by atoms with Crippen molar-refractivity contribution in [3.8, 4) is 0 Å². The first-order valence-corrected chi connectivity index (χ1v) is 2.86. The molecule has 0 saturated carbocycles. The zero-order valence-corrected chi connectivity index (χ0v) is 4.90. The second-order valence-electron chi connectivity index (χ2n) is 1.50. The molecule has 1 nitrogen and oxygen atoms in total. The Morgan fingerprint density at radius 2 is 2.43 bits per heavy atom. The predicted octanol–water partition coefficient (Wildman–Crippen LogP) is 1.22. The van der Waals surface area contributed by atoms with E-state index in [1.165, 1.54) is 0 Å². The second-order valence-corrected chi connectivity index (χ2v) is 2.07. The first kappa shape index (κ1) is 5.19. The summed E-state index contributed by atoms with van der Waals surface area (Å²) in [6.07, 6.45) is 5.04. The van der Waals surface area contributed by atoms with E-state index in [0.29, 0.717) is 0 Å². The predicted molar refractivity (Wildman–Crippen MR) is 32.5 cm³/mol. The van der Waals surface area contributed by atoms with Crippen molar-refractivity contribution in [3.05, 3.63) is 12.2 Å². The maximum absolute atomic E-state index is 5.06. The van der Waals surface area contributed by atoms with Crippen LogP contribution in [-0.2, 0) is 4.74 Å². The van der Waals surface area contributed by atoms with Gasteiger partial charge in [-0.15, -0.1) is 12.6 Å². The summed E-state index contributed by atoms with van der Waals surface area (Å²) in [4.78, 5) is 0. The van der Waals surface area contributed by atoms with Gasteiger partial charge in [0.2, 0.25) is 0 Å². The molecule has 40 valence electrons. The maximum atomic E-state index is 5.06. The highest BCUT2D eigenvalue weighted by Gasteiger charge is 2.00. The standard InChI is InChI=1S/C5H8OS/c7-5-3-1-2-4-6-5/h1-2,5,7H,3-4H2. The third-order valence-corrected chi connectivity index (χ3v) is 1.25. The van der Waals surface area contributed by atoms with Gasteiger partial charge in [0.1, 0.15) is 5.44 Å². The Morgan fingerprint density at radius 1 is 1.57 bits per heavy atom. The molecular formula is C5H8OS. The zero-order valence-electron chi connectivity index (χ0n) is 4.00. The Balaban J connectivity index is 2.32. The first-order chi connectivity index (χ1) is 3.39. The van der Waals surface area contributed by atoms with E-state index in [-0.39, 0.29) is 5.44 Å². The largest absolute Gasteiger partial charge is 0.363 e. The molecule has 0 radical (unpaired) electrons. The van der Waals surface area contributed by atoms with Crippen molar-refractivity contribution in [1.29, 1.82) is 0 Å². The van der Waals surface area contributed by atoms with Crippen LogP contribution in [0.3, 0.4) is 0 Å². The summed E-state index contributed by atoms with van der Waals surface area (Å²) in [6.45, 7) is 0.730. The van der Waals surface area contributed by atoms with Crippen LogP contribution in [0.4, 0.5) is 0 Å². The highest BCUT2D eigenvalue weighted by Crippen LogP contribution is 2.07.